The first-order valence-electron chi connectivity index (χ1n) is 7.16. The van der Waals surface area contributed by atoms with E-state index in [0.29, 0.717) is 19.6 Å². The van der Waals surface area contributed by atoms with E-state index in [4.69, 9.17) is 16.3 Å². The molecule has 2 atom stereocenters. The van der Waals surface area contributed by atoms with Gasteiger partial charge in [0.25, 0.3) is 0 Å². The van der Waals surface area contributed by atoms with Crippen LogP contribution >= 0.6 is 11.6 Å². The van der Waals surface area contributed by atoms with Crippen molar-refractivity contribution in [3.8, 4) is 5.75 Å². The number of para-hydroxylation sites is 1. The molecule has 0 radical (unpaired) electrons. The lowest BCUT2D eigenvalue weighted by Crippen LogP contribution is -2.17. The molecule has 1 amide bonds. The van der Waals surface area contributed by atoms with Crippen molar-refractivity contribution in [1.29, 1.82) is 0 Å². The number of amides is 1. The molecular formula is C15H18ClN3O2. The van der Waals surface area contributed by atoms with Crippen LogP contribution in [0.3, 0.4) is 0 Å². The standard InChI is InChI=1S/C15H18ClN3O2/c1-3-21-12-6-4-5-11-14(12)18-15(9(2)16)19(11)10-7-13(20)17-8-10/h4-6,9-10H,3,7-8H2,1-2H3,(H,17,20). The van der Waals surface area contributed by atoms with Gasteiger partial charge in [0.15, 0.2) is 0 Å². The van der Waals surface area contributed by atoms with Crippen molar-refractivity contribution in [3.63, 3.8) is 0 Å². The second-order valence-corrected chi connectivity index (χ2v) is 5.83. The van der Waals surface area contributed by atoms with Crippen molar-refractivity contribution in [1.82, 2.24) is 14.9 Å². The smallest absolute Gasteiger partial charge is 0.222 e. The molecule has 112 valence electrons. The molecule has 0 saturated carbocycles. The molecule has 1 fully saturated rings. The molecule has 1 aliphatic rings. The lowest BCUT2D eigenvalue weighted by Gasteiger charge is -2.16. The first kappa shape index (κ1) is 14.2. The molecule has 5 nitrogen and oxygen atoms in total. The molecule has 1 aliphatic heterocycles. The van der Waals surface area contributed by atoms with Crippen LogP contribution in [0.5, 0.6) is 5.75 Å². The zero-order valence-corrected chi connectivity index (χ0v) is 12.9. The summed E-state index contributed by atoms with van der Waals surface area (Å²) in [6, 6.07) is 5.90. The Labute approximate surface area is 128 Å². The Balaban J connectivity index is 2.18. The van der Waals surface area contributed by atoms with E-state index in [0.717, 1.165) is 22.6 Å². The van der Waals surface area contributed by atoms with Gasteiger partial charge >= 0.3 is 0 Å². The van der Waals surface area contributed by atoms with Gasteiger partial charge in [-0.2, -0.15) is 0 Å². The van der Waals surface area contributed by atoms with Crippen molar-refractivity contribution in [3.05, 3.63) is 24.0 Å². The van der Waals surface area contributed by atoms with E-state index in [2.05, 4.69) is 14.9 Å². The van der Waals surface area contributed by atoms with Gasteiger partial charge in [-0.25, -0.2) is 4.98 Å². The van der Waals surface area contributed by atoms with Crippen LogP contribution < -0.4 is 10.1 Å². The average molecular weight is 308 g/mol. The minimum Gasteiger partial charge on any atom is -0.492 e. The van der Waals surface area contributed by atoms with Crippen LogP contribution in [0.2, 0.25) is 0 Å². The number of hydrogen-bond donors (Lipinski definition) is 1. The lowest BCUT2D eigenvalue weighted by molar-refractivity contribution is -0.119. The third kappa shape index (κ3) is 2.46. The maximum Gasteiger partial charge on any atom is 0.222 e. The quantitative estimate of drug-likeness (QED) is 0.884. The van der Waals surface area contributed by atoms with E-state index in [-0.39, 0.29) is 17.3 Å². The molecule has 2 aromatic rings. The van der Waals surface area contributed by atoms with E-state index >= 15 is 0 Å². The van der Waals surface area contributed by atoms with Gasteiger partial charge in [0.05, 0.1) is 23.5 Å². The number of alkyl halides is 1. The van der Waals surface area contributed by atoms with E-state index in [1.54, 1.807) is 0 Å². The van der Waals surface area contributed by atoms with Gasteiger partial charge in [-0.1, -0.05) is 6.07 Å². The number of aromatic nitrogens is 2. The molecule has 0 bridgehead atoms. The highest BCUT2D eigenvalue weighted by Gasteiger charge is 2.28. The van der Waals surface area contributed by atoms with Crippen molar-refractivity contribution < 1.29 is 9.53 Å². The largest absolute Gasteiger partial charge is 0.492 e. The predicted octanol–water partition coefficient (Wildman–Crippen LogP) is 2.80. The number of halogens is 1. The van der Waals surface area contributed by atoms with Crippen LogP contribution in [0.25, 0.3) is 11.0 Å². The normalized spacial score (nSPS) is 19.8. The van der Waals surface area contributed by atoms with Crippen LogP contribution in [0.4, 0.5) is 0 Å². The summed E-state index contributed by atoms with van der Waals surface area (Å²) in [5.41, 5.74) is 1.77. The van der Waals surface area contributed by atoms with Crippen molar-refractivity contribution in [2.24, 2.45) is 0 Å². The topological polar surface area (TPSA) is 56.1 Å². The Morgan fingerprint density at radius 2 is 2.38 bits per heavy atom. The SMILES string of the molecule is CCOc1cccc2c1nc(C(C)Cl)n2C1CNC(=O)C1. The predicted molar refractivity (Wildman–Crippen MR) is 81.8 cm³/mol. The van der Waals surface area contributed by atoms with Crippen LogP contribution in [0, 0.1) is 0 Å². The van der Waals surface area contributed by atoms with Crippen LogP contribution in [0.15, 0.2) is 18.2 Å². The Morgan fingerprint density at radius 3 is 3.00 bits per heavy atom. The maximum atomic E-state index is 11.5. The van der Waals surface area contributed by atoms with Crippen LogP contribution in [0.1, 0.15) is 37.5 Å². The number of fused-ring (bicyclic) bond motifs is 1. The fraction of sp³-hybridized carbons (Fsp3) is 0.467. The van der Waals surface area contributed by atoms with E-state index in [9.17, 15) is 4.79 Å². The van der Waals surface area contributed by atoms with Gasteiger partial charge in [0, 0.05) is 13.0 Å². The molecule has 1 N–H and O–H groups in total. The van der Waals surface area contributed by atoms with E-state index in [1.807, 2.05) is 32.0 Å². The van der Waals surface area contributed by atoms with Crippen LogP contribution in [-0.4, -0.2) is 28.6 Å². The molecule has 21 heavy (non-hydrogen) atoms. The molecule has 1 aromatic heterocycles. The Bertz CT molecular complexity index is 681. The highest BCUT2D eigenvalue weighted by atomic mass is 35.5. The molecule has 0 aliphatic carbocycles. The molecule has 2 unspecified atom stereocenters. The molecule has 1 aromatic carbocycles. The summed E-state index contributed by atoms with van der Waals surface area (Å²) in [5.74, 6) is 1.60. The fourth-order valence-electron chi connectivity index (χ4n) is 2.82. The number of carbonyl (C=O) groups excluding carboxylic acids is 1. The molecule has 2 heterocycles. The average Bonchev–Trinajstić information content (AvgIpc) is 3.03. The van der Waals surface area contributed by atoms with Crippen molar-refractivity contribution in [2.45, 2.75) is 31.7 Å². The fourth-order valence-corrected chi connectivity index (χ4v) is 2.97. The summed E-state index contributed by atoms with van der Waals surface area (Å²) in [5, 5.41) is 2.63. The third-order valence-electron chi connectivity index (χ3n) is 3.69. The number of benzene rings is 1. The zero-order valence-electron chi connectivity index (χ0n) is 12.1. The summed E-state index contributed by atoms with van der Waals surface area (Å²) in [6.45, 7) is 5.03. The summed E-state index contributed by atoms with van der Waals surface area (Å²) in [4.78, 5) is 16.2. The number of ether oxygens (including phenoxy) is 1. The van der Waals surface area contributed by atoms with Gasteiger partial charge in [0.1, 0.15) is 17.1 Å². The van der Waals surface area contributed by atoms with Gasteiger partial charge in [0.2, 0.25) is 5.91 Å². The zero-order chi connectivity index (χ0) is 15.0. The number of nitrogens with zero attached hydrogens (tertiary/aromatic N) is 2. The number of rotatable bonds is 4. The number of nitrogens with one attached hydrogen (secondary N) is 1. The second-order valence-electron chi connectivity index (χ2n) is 5.17. The number of carbonyl (C=O) groups is 1. The van der Waals surface area contributed by atoms with Gasteiger partial charge < -0.3 is 14.6 Å². The number of hydrogen-bond acceptors (Lipinski definition) is 3. The minimum atomic E-state index is -0.234. The Kier molecular flexibility index (Phi) is 3.76. The van der Waals surface area contributed by atoms with Crippen molar-refractivity contribution >= 4 is 28.5 Å². The third-order valence-corrected chi connectivity index (χ3v) is 3.88. The summed E-state index contributed by atoms with van der Waals surface area (Å²) in [6.07, 6.45) is 0.459. The highest BCUT2D eigenvalue weighted by Crippen LogP contribution is 2.34. The molecular weight excluding hydrogens is 290 g/mol. The summed E-state index contributed by atoms with van der Waals surface area (Å²) < 4.78 is 7.73. The second kappa shape index (κ2) is 5.56. The summed E-state index contributed by atoms with van der Waals surface area (Å²) >= 11 is 6.29. The Hall–Kier alpha value is -1.75. The molecule has 3 rings (SSSR count). The molecule has 6 heteroatoms. The maximum absolute atomic E-state index is 11.5. The molecule has 1 saturated heterocycles. The highest BCUT2D eigenvalue weighted by molar-refractivity contribution is 6.20. The van der Waals surface area contributed by atoms with Gasteiger partial charge in [-0.05, 0) is 26.0 Å². The van der Waals surface area contributed by atoms with Gasteiger partial charge in [-0.15, -0.1) is 11.6 Å². The molecule has 0 spiro atoms. The van der Waals surface area contributed by atoms with E-state index < -0.39 is 0 Å². The first-order valence-corrected chi connectivity index (χ1v) is 7.59. The number of imidazole rings is 1. The van der Waals surface area contributed by atoms with Crippen LogP contribution in [-0.2, 0) is 4.79 Å². The Morgan fingerprint density at radius 1 is 1.57 bits per heavy atom. The van der Waals surface area contributed by atoms with E-state index in [1.165, 1.54) is 0 Å². The summed E-state index contributed by atoms with van der Waals surface area (Å²) in [7, 11) is 0. The first-order chi connectivity index (χ1) is 10.1. The van der Waals surface area contributed by atoms with Gasteiger partial charge in [-0.3, -0.25) is 4.79 Å². The minimum absolute atomic E-state index is 0.0515. The monoisotopic (exact) mass is 307 g/mol. The van der Waals surface area contributed by atoms with Crippen molar-refractivity contribution in [2.75, 3.05) is 13.2 Å². The lowest BCUT2D eigenvalue weighted by atomic mass is 10.2.